The summed E-state index contributed by atoms with van der Waals surface area (Å²) in [7, 11) is 1.53. The molecule has 27 heavy (non-hydrogen) atoms. The molecule has 0 saturated heterocycles. The Kier molecular flexibility index (Phi) is 5.52. The number of nitrogens with zero attached hydrogens (tertiary/aromatic N) is 3. The third kappa shape index (κ3) is 3.57. The van der Waals surface area contributed by atoms with E-state index in [1.54, 1.807) is 10.6 Å². The third-order valence-corrected chi connectivity index (χ3v) is 6.53. The number of thioether (sulfide) groups is 1. The molecule has 142 valence electrons. The van der Waals surface area contributed by atoms with E-state index in [0.717, 1.165) is 15.3 Å². The molecule has 0 unspecified atom stereocenters. The summed E-state index contributed by atoms with van der Waals surface area (Å²) in [6.45, 7) is 6.34. The molecule has 2 aromatic heterocycles. The number of benzene rings is 1. The third-order valence-electron chi connectivity index (χ3n) is 4.40. The predicted molar refractivity (Wildman–Crippen MR) is 108 cm³/mol. The SMILES string of the molecule is CCn1c(SCc2cc([N+](=O)[O-])ccc2OC)nc2sc(C)c(C)c2c1=O. The predicted octanol–water partition coefficient (Wildman–Crippen LogP) is 4.30. The smallest absolute Gasteiger partial charge is 0.270 e. The molecular formula is C18H19N3O4S2. The van der Waals surface area contributed by atoms with E-state index in [-0.39, 0.29) is 11.2 Å². The van der Waals surface area contributed by atoms with Crippen LogP contribution in [-0.2, 0) is 12.3 Å². The molecule has 0 atom stereocenters. The highest BCUT2D eigenvalue weighted by Gasteiger charge is 2.17. The van der Waals surface area contributed by atoms with Crippen molar-refractivity contribution in [1.29, 1.82) is 0 Å². The van der Waals surface area contributed by atoms with Crippen molar-refractivity contribution in [2.75, 3.05) is 7.11 Å². The highest BCUT2D eigenvalue weighted by atomic mass is 32.2. The molecule has 3 rings (SSSR count). The molecular weight excluding hydrogens is 386 g/mol. The van der Waals surface area contributed by atoms with E-state index in [1.165, 1.54) is 42.3 Å². The van der Waals surface area contributed by atoms with Crippen LogP contribution in [0.2, 0.25) is 0 Å². The van der Waals surface area contributed by atoms with E-state index in [2.05, 4.69) is 4.98 Å². The number of hydrogen-bond donors (Lipinski definition) is 0. The Morgan fingerprint density at radius 2 is 2.11 bits per heavy atom. The van der Waals surface area contributed by atoms with Gasteiger partial charge < -0.3 is 4.74 Å². The molecule has 0 radical (unpaired) electrons. The van der Waals surface area contributed by atoms with Crippen molar-refractivity contribution in [3.63, 3.8) is 0 Å². The highest BCUT2D eigenvalue weighted by Crippen LogP contribution is 2.32. The summed E-state index contributed by atoms with van der Waals surface area (Å²) in [5.74, 6) is 0.981. The Balaban J connectivity index is 2.01. The molecule has 1 aromatic carbocycles. The highest BCUT2D eigenvalue weighted by molar-refractivity contribution is 7.98. The summed E-state index contributed by atoms with van der Waals surface area (Å²) in [5, 5.41) is 12.3. The Bertz CT molecular complexity index is 1090. The minimum atomic E-state index is -0.433. The van der Waals surface area contributed by atoms with E-state index in [4.69, 9.17) is 4.74 Å². The van der Waals surface area contributed by atoms with Gasteiger partial charge in [-0.3, -0.25) is 19.5 Å². The molecule has 0 aliphatic rings. The fourth-order valence-corrected chi connectivity index (χ4v) is 4.94. The van der Waals surface area contributed by atoms with Crippen molar-refractivity contribution in [3.8, 4) is 5.75 Å². The van der Waals surface area contributed by atoms with Gasteiger partial charge in [-0.2, -0.15) is 0 Å². The molecule has 2 heterocycles. The lowest BCUT2D eigenvalue weighted by Gasteiger charge is -2.11. The maximum Gasteiger partial charge on any atom is 0.270 e. The summed E-state index contributed by atoms with van der Waals surface area (Å²) in [4.78, 5) is 30.0. The zero-order valence-corrected chi connectivity index (χ0v) is 17.1. The van der Waals surface area contributed by atoms with Crippen LogP contribution in [0.4, 0.5) is 5.69 Å². The summed E-state index contributed by atoms with van der Waals surface area (Å²) >= 11 is 2.88. The number of aromatic nitrogens is 2. The molecule has 3 aromatic rings. The first-order chi connectivity index (χ1) is 12.9. The standard InChI is InChI=1S/C18H19N3O4S2/c1-5-20-17(22)15-10(2)11(3)27-16(15)19-18(20)26-9-12-8-13(21(23)24)6-7-14(12)25-4/h6-8H,5,9H2,1-4H3. The lowest BCUT2D eigenvalue weighted by molar-refractivity contribution is -0.384. The van der Waals surface area contributed by atoms with Crippen molar-refractivity contribution in [3.05, 3.63) is 54.7 Å². The van der Waals surface area contributed by atoms with E-state index < -0.39 is 4.92 Å². The Morgan fingerprint density at radius 1 is 1.37 bits per heavy atom. The molecule has 0 aliphatic heterocycles. The maximum atomic E-state index is 12.9. The second kappa shape index (κ2) is 7.69. The van der Waals surface area contributed by atoms with Gasteiger partial charge >= 0.3 is 0 Å². The monoisotopic (exact) mass is 405 g/mol. The lowest BCUT2D eigenvalue weighted by Crippen LogP contribution is -2.22. The van der Waals surface area contributed by atoms with Gasteiger partial charge in [0.25, 0.3) is 11.2 Å². The van der Waals surface area contributed by atoms with Gasteiger partial charge in [0, 0.05) is 34.9 Å². The Labute approximate surface area is 164 Å². The quantitative estimate of drug-likeness (QED) is 0.263. The number of nitro groups is 1. The fourth-order valence-electron chi connectivity index (χ4n) is 2.83. The average molecular weight is 406 g/mol. The van der Waals surface area contributed by atoms with Crippen molar-refractivity contribution in [2.45, 2.75) is 38.2 Å². The number of aryl methyl sites for hydroxylation is 2. The van der Waals surface area contributed by atoms with Crippen LogP contribution in [0.5, 0.6) is 5.75 Å². The topological polar surface area (TPSA) is 87.3 Å². The Morgan fingerprint density at radius 3 is 2.74 bits per heavy atom. The van der Waals surface area contributed by atoms with Crippen LogP contribution in [0.1, 0.15) is 22.9 Å². The van der Waals surface area contributed by atoms with Gasteiger partial charge in [0.05, 0.1) is 17.4 Å². The van der Waals surface area contributed by atoms with E-state index >= 15 is 0 Å². The second-order valence-electron chi connectivity index (χ2n) is 5.95. The molecule has 0 N–H and O–H groups in total. The number of nitro benzene ring substituents is 1. The number of hydrogen-bond acceptors (Lipinski definition) is 7. The second-order valence-corrected chi connectivity index (χ2v) is 8.09. The first-order valence-corrected chi connectivity index (χ1v) is 10.1. The number of thiophene rings is 1. The van der Waals surface area contributed by atoms with Crippen molar-refractivity contribution < 1.29 is 9.66 Å². The van der Waals surface area contributed by atoms with E-state index in [1.807, 2.05) is 20.8 Å². The van der Waals surface area contributed by atoms with Gasteiger partial charge in [-0.25, -0.2) is 4.98 Å². The molecule has 0 saturated carbocycles. The number of methoxy groups -OCH3 is 1. The lowest BCUT2D eigenvalue weighted by atomic mass is 10.2. The first kappa shape index (κ1) is 19.4. The largest absolute Gasteiger partial charge is 0.496 e. The minimum Gasteiger partial charge on any atom is -0.496 e. The number of rotatable bonds is 6. The maximum absolute atomic E-state index is 12.9. The summed E-state index contributed by atoms with van der Waals surface area (Å²) in [6.07, 6.45) is 0. The van der Waals surface area contributed by atoms with Crippen LogP contribution < -0.4 is 10.3 Å². The van der Waals surface area contributed by atoms with Gasteiger partial charge in [0.15, 0.2) is 5.16 Å². The summed E-state index contributed by atoms with van der Waals surface area (Å²) < 4.78 is 6.96. The number of fused-ring (bicyclic) bond motifs is 1. The van der Waals surface area contributed by atoms with Crippen LogP contribution in [-0.4, -0.2) is 21.6 Å². The van der Waals surface area contributed by atoms with Crippen LogP contribution in [0.25, 0.3) is 10.2 Å². The van der Waals surface area contributed by atoms with Gasteiger partial charge in [-0.05, 0) is 32.4 Å². The van der Waals surface area contributed by atoms with Crippen LogP contribution in [0.15, 0.2) is 28.2 Å². The molecule has 0 aliphatic carbocycles. The molecule has 7 nitrogen and oxygen atoms in total. The van der Waals surface area contributed by atoms with Crippen molar-refractivity contribution in [1.82, 2.24) is 9.55 Å². The molecule has 9 heteroatoms. The first-order valence-electron chi connectivity index (χ1n) is 8.32. The molecule has 0 fully saturated rings. The summed E-state index contributed by atoms with van der Waals surface area (Å²) in [6, 6.07) is 4.50. The number of non-ortho nitro benzene ring substituents is 1. The van der Waals surface area contributed by atoms with E-state index in [0.29, 0.717) is 34.2 Å². The average Bonchev–Trinajstić information content (AvgIpc) is 2.93. The molecule has 0 bridgehead atoms. The summed E-state index contributed by atoms with van der Waals surface area (Å²) in [5.41, 5.74) is 1.63. The van der Waals surface area contributed by atoms with Crippen LogP contribution in [0.3, 0.4) is 0 Å². The van der Waals surface area contributed by atoms with Crippen molar-refractivity contribution >= 4 is 39.0 Å². The molecule has 0 spiro atoms. The van der Waals surface area contributed by atoms with Crippen molar-refractivity contribution in [2.24, 2.45) is 0 Å². The van der Waals surface area contributed by atoms with Gasteiger partial charge in [0.2, 0.25) is 0 Å². The molecule has 0 amide bonds. The zero-order valence-electron chi connectivity index (χ0n) is 15.4. The minimum absolute atomic E-state index is 0.00667. The Hall–Kier alpha value is -2.39. The zero-order chi connectivity index (χ0) is 19.7. The van der Waals surface area contributed by atoms with Crippen LogP contribution >= 0.6 is 23.1 Å². The van der Waals surface area contributed by atoms with Gasteiger partial charge in [-0.1, -0.05) is 11.8 Å². The number of ether oxygens (including phenoxy) is 1. The van der Waals surface area contributed by atoms with Gasteiger partial charge in [0.1, 0.15) is 10.6 Å². The fraction of sp³-hybridized carbons (Fsp3) is 0.333. The van der Waals surface area contributed by atoms with E-state index in [9.17, 15) is 14.9 Å². The van der Waals surface area contributed by atoms with Crippen LogP contribution in [0, 0.1) is 24.0 Å². The van der Waals surface area contributed by atoms with Gasteiger partial charge in [-0.15, -0.1) is 11.3 Å². The normalized spacial score (nSPS) is 11.1.